The Morgan fingerprint density at radius 1 is 1.19 bits per heavy atom. The number of anilines is 1. The molecule has 1 aliphatic rings. The standard InChI is InChI=1S/C24H15BrClNO4S/c1-12-7-8-32-23(12)20-19(21(28)18-10-13-9-14(25)5-6-17(13)31-18)22(29)24(30)27(20)16-4-2-3-15(26)11-16/h2-11,20,29H,1H3. The third-order valence-corrected chi connectivity index (χ3v) is 7.19. The van der Waals surface area contributed by atoms with Gasteiger partial charge in [-0.25, -0.2) is 0 Å². The van der Waals surface area contributed by atoms with Gasteiger partial charge in [0, 0.05) is 25.4 Å². The number of nitrogens with zero attached hydrogens (tertiary/aromatic N) is 1. The number of aliphatic hydroxyl groups is 1. The molecule has 5 nitrogen and oxygen atoms in total. The Bertz CT molecular complexity index is 1440. The van der Waals surface area contributed by atoms with Gasteiger partial charge in [-0.3, -0.25) is 14.5 Å². The Labute approximate surface area is 200 Å². The molecule has 0 saturated heterocycles. The first kappa shape index (κ1) is 21.0. The summed E-state index contributed by atoms with van der Waals surface area (Å²) >= 11 is 11.0. The minimum absolute atomic E-state index is 0.0151. The number of furan rings is 1. The van der Waals surface area contributed by atoms with Crippen LogP contribution in [-0.2, 0) is 4.79 Å². The Balaban J connectivity index is 1.67. The summed E-state index contributed by atoms with van der Waals surface area (Å²) in [7, 11) is 0. The third kappa shape index (κ3) is 3.37. The molecule has 1 atom stereocenters. The number of carbonyl (C=O) groups excluding carboxylic acids is 2. The predicted molar refractivity (Wildman–Crippen MR) is 129 cm³/mol. The topological polar surface area (TPSA) is 70.7 Å². The quantitative estimate of drug-likeness (QED) is 0.289. The van der Waals surface area contributed by atoms with Crippen LogP contribution < -0.4 is 4.90 Å². The molecule has 5 rings (SSSR count). The summed E-state index contributed by atoms with van der Waals surface area (Å²) in [5.74, 6) is -1.73. The van der Waals surface area contributed by atoms with Crippen molar-refractivity contribution in [2.75, 3.05) is 4.90 Å². The second kappa shape index (κ2) is 7.92. The van der Waals surface area contributed by atoms with Crippen molar-refractivity contribution in [2.45, 2.75) is 13.0 Å². The van der Waals surface area contributed by atoms with E-state index in [1.165, 1.54) is 16.2 Å². The van der Waals surface area contributed by atoms with Crippen molar-refractivity contribution in [1.29, 1.82) is 0 Å². The molecule has 2 aromatic carbocycles. The zero-order valence-electron chi connectivity index (χ0n) is 16.6. The van der Waals surface area contributed by atoms with Gasteiger partial charge in [-0.05, 0) is 66.4 Å². The summed E-state index contributed by atoms with van der Waals surface area (Å²) in [4.78, 5) is 29.0. The first-order chi connectivity index (χ1) is 15.3. The molecule has 0 fully saturated rings. The van der Waals surface area contributed by atoms with Gasteiger partial charge >= 0.3 is 0 Å². The number of benzene rings is 2. The van der Waals surface area contributed by atoms with Gasteiger partial charge in [0.2, 0.25) is 5.78 Å². The molecule has 160 valence electrons. The fraction of sp³-hybridized carbons (Fsp3) is 0.0833. The van der Waals surface area contributed by atoms with Gasteiger partial charge in [0.15, 0.2) is 11.5 Å². The lowest BCUT2D eigenvalue weighted by molar-refractivity contribution is -0.117. The highest BCUT2D eigenvalue weighted by Gasteiger charge is 2.46. The van der Waals surface area contributed by atoms with E-state index < -0.39 is 23.5 Å². The Morgan fingerprint density at radius 3 is 2.72 bits per heavy atom. The Kier molecular flexibility index (Phi) is 5.20. The number of carbonyl (C=O) groups is 2. The number of hydrogen-bond donors (Lipinski definition) is 1. The van der Waals surface area contributed by atoms with Crippen LogP contribution in [0.2, 0.25) is 5.02 Å². The summed E-state index contributed by atoms with van der Waals surface area (Å²) < 4.78 is 6.62. The van der Waals surface area contributed by atoms with E-state index in [2.05, 4.69) is 15.9 Å². The molecule has 1 unspecified atom stereocenters. The van der Waals surface area contributed by atoms with Crippen molar-refractivity contribution in [1.82, 2.24) is 0 Å². The molecule has 1 aliphatic heterocycles. The Hall–Kier alpha value is -2.87. The number of hydrogen-bond acceptors (Lipinski definition) is 5. The number of ketones is 1. The van der Waals surface area contributed by atoms with E-state index in [1.807, 2.05) is 30.5 Å². The molecule has 0 radical (unpaired) electrons. The summed E-state index contributed by atoms with van der Waals surface area (Å²) in [6.45, 7) is 1.91. The van der Waals surface area contributed by atoms with Crippen LogP contribution in [0, 0.1) is 6.92 Å². The molecule has 0 spiro atoms. The number of aryl methyl sites for hydroxylation is 1. The summed E-state index contributed by atoms with van der Waals surface area (Å²) in [6.07, 6.45) is 0. The first-order valence-electron chi connectivity index (χ1n) is 9.65. The molecule has 1 N–H and O–H groups in total. The molecule has 0 bridgehead atoms. The zero-order valence-corrected chi connectivity index (χ0v) is 19.8. The van der Waals surface area contributed by atoms with E-state index >= 15 is 0 Å². The van der Waals surface area contributed by atoms with E-state index in [0.717, 1.165) is 20.3 Å². The van der Waals surface area contributed by atoms with Crippen molar-refractivity contribution < 1.29 is 19.1 Å². The molecule has 2 aromatic heterocycles. The molecule has 0 aliphatic carbocycles. The van der Waals surface area contributed by atoms with Crippen molar-refractivity contribution in [3.8, 4) is 0 Å². The average Bonchev–Trinajstić information content (AvgIpc) is 3.44. The maximum atomic E-state index is 13.6. The molecular formula is C24H15BrClNO4S. The fourth-order valence-electron chi connectivity index (χ4n) is 3.90. The summed E-state index contributed by atoms with van der Waals surface area (Å²) in [5.41, 5.74) is 1.92. The first-order valence-corrected chi connectivity index (χ1v) is 11.7. The number of Topliss-reactive ketones (excluding diaryl/α,β-unsaturated/α-hetero) is 1. The maximum absolute atomic E-state index is 13.6. The lowest BCUT2D eigenvalue weighted by atomic mass is 9.98. The summed E-state index contributed by atoms with van der Waals surface area (Å²) in [5, 5.41) is 13.9. The second-order valence-electron chi connectivity index (χ2n) is 7.41. The third-order valence-electron chi connectivity index (χ3n) is 5.39. The van der Waals surface area contributed by atoms with Gasteiger partial charge < -0.3 is 9.52 Å². The fourth-order valence-corrected chi connectivity index (χ4v) is 5.49. The number of thiophene rings is 1. The van der Waals surface area contributed by atoms with Crippen molar-refractivity contribution >= 4 is 67.2 Å². The normalized spacial score (nSPS) is 16.4. The number of amides is 1. The van der Waals surface area contributed by atoms with Gasteiger partial charge in [-0.15, -0.1) is 11.3 Å². The van der Waals surface area contributed by atoms with Crippen LogP contribution in [0.1, 0.15) is 27.0 Å². The molecule has 1 amide bonds. The summed E-state index contributed by atoms with van der Waals surface area (Å²) in [6, 6.07) is 14.9. The number of fused-ring (bicyclic) bond motifs is 1. The molecule has 0 saturated carbocycles. The van der Waals surface area contributed by atoms with E-state index in [4.69, 9.17) is 16.0 Å². The van der Waals surface area contributed by atoms with Crippen LogP contribution in [0.15, 0.2) is 80.2 Å². The second-order valence-corrected chi connectivity index (χ2v) is 9.71. The van der Waals surface area contributed by atoms with Gasteiger partial charge in [-0.1, -0.05) is 33.6 Å². The lowest BCUT2D eigenvalue weighted by Crippen LogP contribution is -2.30. The van der Waals surface area contributed by atoms with Crippen LogP contribution in [-0.4, -0.2) is 16.8 Å². The smallest absolute Gasteiger partial charge is 0.294 e. The van der Waals surface area contributed by atoms with Gasteiger partial charge in [-0.2, -0.15) is 0 Å². The SMILES string of the molecule is Cc1ccsc1C1C(C(=O)c2cc3cc(Br)ccc3o2)=C(O)C(=O)N1c1cccc(Cl)c1. The number of aliphatic hydroxyl groups excluding tert-OH is 1. The minimum Gasteiger partial charge on any atom is -0.503 e. The number of rotatable bonds is 4. The van der Waals surface area contributed by atoms with Gasteiger partial charge in [0.25, 0.3) is 5.91 Å². The van der Waals surface area contributed by atoms with E-state index in [9.17, 15) is 14.7 Å². The van der Waals surface area contributed by atoms with E-state index in [1.54, 1.807) is 36.4 Å². The highest BCUT2D eigenvalue weighted by atomic mass is 79.9. The van der Waals surface area contributed by atoms with Crippen molar-refractivity contribution in [3.63, 3.8) is 0 Å². The van der Waals surface area contributed by atoms with Gasteiger partial charge in [0.1, 0.15) is 11.6 Å². The molecule has 8 heteroatoms. The maximum Gasteiger partial charge on any atom is 0.294 e. The molecule has 4 aromatic rings. The lowest BCUT2D eigenvalue weighted by Gasteiger charge is -2.26. The Morgan fingerprint density at radius 2 is 2.00 bits per heavy atom. The van der Waals surface area contributed by atoms with Crippen LogP contribution in [0.5, 0.6) is 0 Å². The van der Waals surface area contributed by atoms with Gasteiger partial charge in [0.05, 0.1) is 5.57 Å². The molecule has 32 heavy (non-hydrogen) atoms. The van der Waals surface area contributed by atoms with Crippen LogP contribution in [0.3, 0.4) is 0 Å². The molecule has 3 heterocycles. The molecular weight excluding hydrogens is 514 g/mol. The zero-order chi connectivity index (χ0) is 22.6. The monoisotopic (exact) mass is 527 g/mol. The predicted octanol–water partition coefficient (Wildman–Crippen LogP) is 7.00. The van der Waals surface area contributed by atoms with Crippen molar-refractivity contribution in [3.05, 3.63) is 97.0 Å². The van der Waals surface area contributed by atoms with E-state index in [-0.39, 0.29) is 11.3 Å². The largest absolute Gasteiger partial charge is 0.503 e. The average molecular weight is 529 g/mol. The number of halogens is 2. The highest BCUT2D eigenvalue weighted by molar-refractivity contribution is 9.10. The van der Waals surface area contributed by atoms with E-state index in [0.29, 0.717) is 16.3 Å². The van der Waals surface area contributed by atoms with Crippen LogP contribution in [0.4, 0.5) is 5.69 Å². The highest BCUT2D eigenvalue weighted by Crippen LogP contribution is 2.45. The van der Waals surface area contributed by atoms with Crippen LogP contribution in [0.25, 0.3) is 11.0 Å². The van der Waals surface area contributed by atoms with Crippen LogP contribution >= 0.6 is 38.9 Å². The van der Waals surface area contributed by atoms with Crippen molar-refractivity contribution in [2.24, 2.45) is 0 Å². The minimum atomic E-state index is -0.798.